The third-order valence-corrected chi connectivity index (χ3v) is 4.16. The van der Waals surface area contributed by atoms with Crippen LogP contribution in [0.1, 0.15) is 17.6 Å². The first kappa shape index (κ1) is 16.6. The average molecular weight is 353 g/mol. The van der Waals surface area contributed by atoms with Crippen molar-refractivity contribution in [3.05, 3.63) is 60.0 Å². The second-order valence-electron chi connectivity index (χ2n) is 6.15. The van der Waals surface area contributed by atoms with E-state index in [4.69, 9.17) is 24.8 Å². The molecule has 0 saturated heterocycles. The maximum Gasteiger partial charge on any atom is 0.228 e. The summed E-state index contributed by atoms with van der Waals surface area (Å²) in [5, 5.41) is 13.0. The number of aliphatic hydroxyl groups is 1. The van der Waals surface area contributed by atoms with Crippen molar-refractivity contribution < 1.29 is 19.1 Å². The number of nitrogens with two attached hydrogens (primary N) is 1. The largest absolute Gasteiger partial charge is 0.485 e. The van der Waals surface area contributed by atoms with Crippen molar-refractivity contribution >= 4 is 0 Å². The smallest absolute Gasteiger partial charge is 0.228 e. The fraction of sp³-hybridized carbons (Fsp3) is 0.263. The summed E-state index contributed by atoms with van der Waals surface area (Å²) in [7, 11) is 0. The monoisotopic (exact) mass is 353 g/mol. The van der Waals surface area contributed by atoms with Crippen LogP contribution >= 0.6 is 0 Å². The molecule has 4 rings (SSSR count). The van der Waals surface area contributed by atoms with Gasteiger partial charge in [-0.2, -0.15) is 4.98 Å². The summed E-state index contributed by atoms with van der Waals surface area (Å²) in [5.41, 5.74) is 7.49. The van der Waals surface area contributed by atoms with Crippen molar-refractivity contribution in [3.63, 3.8) is 0 Å². The zero-order valence-corrected chi connectivity index (χ0v) is 14.0. The second-order valence-corrected chi connectivity index (χ2v) is 6.15. The van der Waals surface area contributed by atoms with Gasteiger partial charge in [0.1, 0.15) is 6.61 Å². The summed E-state index contributed by atoms with van der Waals surface area (Å²) in [5.74, 6) is 2.36. The number of benzene rings is 2. The molecule has 0 aliphatic carbocycles. The molecule has 3 N–H and O–H groups in total. The molecule has 1 aliphatic rings. The molecule has 1 aromatic heterocycles. The highest BCUT2D eigenvalue weighted by atomic mass is 16.6. The Bertz CT molecular complexity index is 896. The molecule has 0 radical (unpaired) electrons. The number of aliphatic hydroxyl groups excluding tert-OH is 1. The Morgan fingerprint density at radius 2 is 2.00 bits per heavy atom. The summed E-state index contributed by atoms with van der Waals surface area (Å²) < 4.78 is 17.0. The summed E-state index contributed by atoms with van der Waals surface area (Å²) in [6.45, 7) is 0.303. The first-order valence-electron chi connectivity index (χ1n) is 8.41. The highest BCUT2D eigenvalue weighted by molar-refractivity contribution is 5.56. The lowest BCUT2D eigenvalue weighted by molar-refractivity contribution is 0.0913. The molecule has 1 aliphatic heterocycles. The minimum atomic E-state index is -0.414. The van der Waals surface area contributed by atoms with E-state index >= 15 is 0 Å². The number of rotatable bonds is 5. The lowest BCUT2D eigenvalue weighted by atomic mass is 10.1. The van der Waals surface area contributed by atoms with Crippen LogP contribution in [-0.2, 0) is 6.42 Å². The third-order valence-electron chi connectivity index (χ3n) is 4.16. The second kappa shape index (κ2) is 7.15. The van der Waals surface area contributed by atoms with Gasteiger partial charge >= 0.3 is 0 Å². The zero-order valence-electron chi connectivity index (χ0n) is 14.0. The molecule has 0 saturated carbocycles. The van der Waals surface area contributed by atoms with Crippen molar-refractivity contribution in [1.29, 1.82) is 0 Å². The Hall–Kier alpha value is -2.90. The van der Waals surface area contributed by atoms with Crippen molar-refractivity contribution in [1.82, 2.24) is 10.1 Å². The van der Waals surface area contributed by atoms with Gasteiger partial charge in [0.05, 0.1) is 6.61 Å². The first-order valence-corrected chi connectivity index (χ1v) is 8.41. The van der Waals surface area contributed by atoms with Gasteiger partial charge in [-0.25, -0.2) is 0 Å². The fourth-order valence-corrected chi connectivity index (χ4v) is 2.81. The van der Waals surface area contributed by atoms with E-state index in [1.165, 1.54) is 0 Å². The van der Waals surface area contributed by atoms with Gasteiger partial charge in [0.25, 0.3) is 0 Å². The minimum Gasteiger partial charge on any atom is -0.485 e. The van der Waals surface area contributed by atoms with Crippen LogP contribution in [0, 0.1) is 0 Å². The molecule has 134 valence electrons. The van der Waals surface area contributed by atoms with Crippen LogP contribution in [0.15, 0.2) is 53.1 Å². The number of hydrogen-bond donors (Lipinski definition) is 2. The first-order chi connectivity index (χ1) is 12.7. The molecule has 7 nitrogen and oxygen atoms in total. The minimum absolute atomic E-state index is 0.131. The SMILES string of the molecule is NC(CO)Cc1nc(-c2cccc([C@H]3COc4ccccc4O3)c2)no1. The quantitative estimate of drug-likeness (QED) is 0.724. The topological polar surface area (TPSA) is 104 Å². The van der Waals surface area contributed by atoms with Gasteiger partial charge in [-0.05, 0) is 23.8 Å². The van der Waals surface area contributed by atoms with Gasteiger partial charge in [-0.15, -0.1) is 0 Å². The van der Waals surface area contributed by atoms with Crippen molar-refractivity contribution in [3.8, 4) is 22.9 Å². The molecule has 26 heavy (non-hydrogen) atoms. The lowest BCUT2D eigenvalue weighted by Gasteiger charge is -2.26. The number of nitrogens with zero attached hydrogens (tertiary/aromatic N) is 2. The molecule has 7 heteroatoms. The predicted molar refractivity (Wildman–Crippen MR) is 93.8 cm³/mol. The molecule has 2 atom stereocenters. The van der Waals surface area contributed by atoms with E-state index in [0.29, 0.717) is 24.7 Å². The van der Waals surface area contributed by atoms with E-state index in [1.54, 1.807) is 0 Å². The van der Waals surface area contributed by atoms with Gasteiger partial charge in [0.15, 0.2) is 17.6 Å². The molecule has 0 amide bonds. The molecule has 2 aromatic carbocycles. The van der Waals surface area contributed by atoms with Gasteiger partial charge in [0.2, 0.25) is 11.7 Å². The Morgan fingerprint density at radius 3 is 2.85 bits per heavy atom. The maximum atomic E-state index is 9.03. The van der Waals surface area contributed by atoms with Gasteiger partial charge in [-0.1, -0.05) is 35.5 Å². The maximum absolute atomic E-state index is 9.03. The van der Waals surface area contributed by atoms with Crippen molar-refractivity contribution in [2.75, 3.05) is 13.2 Å². The normalized spacial score (nSPS) is 17.1. The average Bonchev–Trinajstić information content (AvgIpc) is 3.16. The van der Waals surface area contributed by atoms with Crippen LogP contribution < -0.4 is 15.2 Å². The van der Waals surface area contributed by atoms with Crippen LogP contribution in [0.3, 0.4) is 0 Å². The van der Waals surface area contributed by atoms with E-state index in [9.17, 15) is 0 Å². The molecule has 3 aromatic rings. The summed E-state index contributed by atoms with van der Waals surface area (Å²) in [4.78, 5) is 4.35. The molecular weight excluding hydrogens is 334 g/mol. The van der Waals surface area contributed by atoms with Gasteiger partial charge in [0, 0.05) is 18.0 Å². The Kier molecular flexibility index (Phi) is 4.55. The summed E-state index contributed by atoms with van der Waals surface area (Å²) in [6, 6.07) is 15.0. The van der Waals surface area contributed by atoms with E-state index in [1.807, 2.05) is 48.5 Å². The van der Waals surface area contributed by atoms with E-state index in [-0.39, 0.29) is 12.7 Å². The standard InChI is InChI=1S/C19H19N3O4/c20-14(10-23)9-18-21-19(22-26-18)13-5-3-4-12(8-13)17-11-24-15-6-1-2-7-16(15)25-17/h1-8,14,17,23H,9-11,20H2/t14?,17-/m1/s1. The molecular formula is C19H19N3O4. The predicted octanol–water partition coefficient (Wildman–Crippen LogP) is 2.11. The number of ether oxygens (including phenoxy) is 2. The van der Waals surface area contributed by atoms with Gasteiger partial charge < -0.3 is 24.8 Å². The number of aromatic nitrogens is 2. The van der Waals surface area contributed by atoms with Crippen LogP contribution in [0.25, 0.3) is 11.4 Å². The van der Waals surface area contributed by atoms with Crippen LogP contribution in [0.4, 0.5) is 0 Å². The Morgan fingerprint density at radius 1 is 1.15 bits per heavy atom. The highest BCUT2D eigenvalue weighted by Gasteiger charge is 2.23. The van der Waals surface area contributed by atoms with Crippen LogP contribution in [-0.4, -0.2) is 34.5 Å². The third kappa shape index (κ3) is 3.40. The Balaban J connectivity index is 1.54. The zero-order chi connectivity index (χ0) is 17.9. The molecule has 2 heterocycles. The Labute approximate surface area is 150 Å². The number of hydrogen-bond acceptors (Lipinski definition) is 7. The number of fused-ring (bicyclic) bond motifs is 1. The molecule has 0 fully saturated rings. The van der Waals surface area contributed by atoms with Crippen LogP contribution in [0.2, 0.25) is 0 Å². The lowest BCUT2D eigenvalue weighted by Crippen LogP contribution is -2.26. The van der Waals surface area contributed by atoms with E-state index < -0.39 is 6.04 Å². The van der Waals surface area contributed by atoms with Gasteiger partial charge in [-0.3, -0.25) is 0 Å². The van der Waals surface area contributed by atoms with Crippen molar-refractivity contribution in [2.24, 2.45) is 5.73 Å². The van der Waals surface area contributed by atoms with Crippen molar-refractivity contribution in [2.45, 2.75) is 18.6 Å². The molecule has 0 spiro atoms. The summed E-state index contributed by atoms with van der Waals surface area (Å²) in [6.07, 6.45) is 0.124. The number of para-hydroxylation sites is 2. The molecule has 0 bridgehead atoms. The fourth-order valence-electron chi connectivity index (χ4n) is 2.81. The highest BCUT2D eigenvalue weighted by Crippen LogP contribution is 2.36. The van der Waals surface area contributed by atoms with E-state index in [2.05, 4.69) is 10.1 Å². The molecule has 1 unspecified atom stereocenters. The summed E-state index contributed by atoms with van der Waals surface area (Å²) >= 11 is 0. The van der Waals surface area contributed by atoms with E-state index in [0.717, 1.165) is 22.6 Å². The van der Waals surface area contributed by atoms with Crippen LogP contribution in [0.5, 0.6) is 11.5 Å².